The summed E-state index contributed by atoms with van der Waals surface area (Å²) in [5, 5.41) is 0. The number of nitrogens with zero attached hydrogens (tertiary/aromatic N) is 3. The number of rotatable bonds is 6. The molecule has 0 aromatic rings. The van der Waals surface area contributed by atoms with Crippen molar-refractivity contribution >= 4 is 29.8 Å². The molecule has 11 heteroatoms. The Kier molecular flexibility index (Phi) is 8.40. The van der Waals surface area contributed by atoms with E-state index in [9.17, 15) is 24.0 Å². The fourth-order valence-electron chi connectivity index (χ4n) is 3.18. The third-order valence-electron chi connectivity index (χ3n) is 4.76. The number of nitrogens with one attached hydrogen (secondary N) is 2. The molecule has 11 nitrogen and oxygen atoms in total. The number of urea groups is 1. The van der Waals surface area contributed by atoms with Gasteiger partial charge in [-0.05, 0) is 33.6 Å². The summed E-state index contributed by atoms with van der Waals surface area (Å²) in [5.41, 5.74) is 3.84. The minimum Gasteiger partial charge on any atom is -0.443 e. The molecule has 1 fully saturated rings. The Balaban J connectivity index is 1.58. The first-order chi connectivity index (χ1) is 14.6. The largest absolute Gasteiger partial charge is 0.443 e. The molecule has 2 aliphatic heterocycles. The standard InChI is InChI=1S/C20H31N5O6/c1-20(2,3)31-19(30)22-21-18(29)24-13-11-23(12-14-24)15(26)7-5-4-6-10-25-16(27)8-9-17(25)28/h8-9H,4-7,10-14H2,1-3H3,(H,21,29)(H,22,30). The summed E-state index contributed by atoms with van der Waals surface area (Å²) in [6, 6.07) is -0.460. The van der Waals surface area contributed by atoms with Crippen LogP contribution >= 0.6 is 0 Å². The van der Waals surface area contributed by atoms with Gasteiger partial charge in [-0.3, -0.25) is 19.3 Å². The highest BCUT2D eigenvalue weighted by molar-refractivity contribution is 6.12. The number of piperazine rings is 1. The Morgan fingerprint density at radius 2 is 1.48 bits per heavy atom. The maximum absolute atomic E-state index is 12.4. The lowest BCUT2D eigenvalue weighted by atomic mass is 10.1. The van der Waals surface area contributed by atoms with Crippen molar-refractivity contribution in [2.24, 2.45) is 0 Å². The molecule has 2 aliphatic rings. The van der Waals surface area contributed by atoms with E-state index in [0.29, 0.717) is 52.0 Å². The van der Waals surface area contributed by atoms with Gasteiger partial charge in [-0.2, -0.15) is 0 Å². The van der Waals surface area contributed by atoms with Gasteiger partial charge in [0.15, 0.2) is 0 Å². The number of hydrogen-bond acceptors (Lipinski definition) is 6. The van der Waals surface area contributed by atoms with Crippen molar-refractivity contribution in [3.63, 3.8) is 0 Å². The lowest BCUT2D eigenvalue weighted by Gasteiger charge is -2.34. The van der Waals surface area contributed by atoms with E-state index in [-0.39, 0.29) is 17.7 Å². The number of ether oxygens (including phenoxy) is 1. The number of amides is 6. The lowest BCUT2D eigenvalue weighted by molar-refractivity contribution is -0.137. The third kappa shape index (κ3) is 7.91. The van der Waals surface area contributed by atoms with Gasteiger partial charge in [0.1, 0.15) is 5.60 Å². The van der Waals surface area contributed by atoms with Gasteiger partial charge in [-0.1, -0.05) is 6.42 Å². The van der Waals surface area contributed by atoms with Gasteiger partial charge < -0.3 is 14.5 Å². The van der Waals surface area contributed by atoms with Crippen LogP contribution < -0.4 is 10.9 Å². The molecule has 0 unspecified atom stereocenters. The number of carbonyl (C=O) groups is 5. The molecule has 31 heavy (non-hydrogen) atoms. The van der Waals surface area contributed by atoms with E-state index in [4.69, 9.17) is 4.74 Å². The smallest absolute Gasteiger partial charge is 0.426 e. The van der Waals surface area contributed by atoms with Gasteiger partial charge in [-0.25, -0.2) is 20.4 Å². The zero-order valence-corrected chi connectivity index (χ0v) is 18.3. The number of hydrazine groups is 1. The maximum Gasteiger partial charge on any atom is 0.426 e. The summed E-state index contributed by atoms with van der Waals surface area (Å²) >= 11 is 0. The molecule has 2 N–H and O–H groups in total. The monoisotopic (exact) mass is 437 g/mol. The highest BCUT2D eigenvalue weighted by Gasteiger charge is 2.25. The van der Waals surface area contributed by atoms with Crippen LogP contribution in [0.25, 0.3) is 0 Å². The van der Waals surface area contributed by atoms with Gasteiger partial charge in [-0.15, -0.1) is 0 Å². The van der Waals surface area contributed by atoms with E-state index in [2.05, 4.69) is 10.9 Å². The number of imide groups is 1. The summed E-state index contributed by atoms with van der Waals surface area (Å²) < 4.78 is 5.04. The molecule has 1 saturated heterocycles. The van der Waals surface area contributed by atoms with Gasteiger partial charge >= 0.3 is 12.1 Å². The minimum absolute atomic E-state index is 0.0157. The average molecular weight is 437 g/mol. The molecular weight excluding hydrogens is 406 g/mol. The SMILES string of the molecule is CC(C)(C)OC(=O)NNC(=O)N1CCN(C(=O)CCCCCN2C(=O)C=CC2=O)CC1. The second-order valence-corrected chi connectivity index (χ2v) is 8.40. The maximum atomic E-state index is 12.4. The van der Waals surface area contributed by atoms with Crippen LogP contribution in [0.5, 0.6) is 0 Å². The molecule has 2 heterocycles. The fraction of sp³-hybridized carbons (Fsp3) is 0.650. The Labute approximate surface area is 181 Å². The Morgan fingerprint density at radius 1 is 0.903 bits per heavy atom. The van der Waals surface area contributed by atoms with Crippen molar-refractivity contribution in [3.05, 3.63) is 12.2 Å². The fourth-order valence-corrected chi connectivity index (χ4v) is 3.18. The lowest BCUT2D eigenvalue weighted by Crippen LogP contribution is -2.56. The van der Waals surface area contributed by atoms with E-state index in [1.165, 1.54) is 22.0 Å². The highest BCUT2D eigenvalue weighted by Crippen LogP contribution is 2.10. The average Bonchev–Trinajstić information content (AvgIpc) is 3.02. The van der Waals surface area contributed by atoms with Crippen LogP contribution in [-0.4, -0.2) is 82.9 Å². The van der Waals surface area contributed by atoms with E-state index >= 15 is 0 Å². The molecule has 0 atom stereocenters. The van der Waals surface area contributed by atoms with Gasteiger partial charge in [0, 0.05) is 51.3 Å². The van der Waals surface area contributed by atoms with E-state index in [1.54, 1.807) is 25.7 Å². The quantitative estimate of drug-likeness (QED) is 0.359. The predicted octanol–water partition coefficient (Wildman–Crippen LogP) is 0.765. The molecule has 0 radical (unpaired) electrons. The zero-order valence-electron chi connectivity index (χ0n) is 18.3. The van der Waals surface area contributed by atoms with Crippen LogP contribution in [0.15, 0.2) is 12.2 Å². The first kappa shape index (κ1) is 24.2. The molecule has 0 spiro atoms. The molecule has 2 rings (SSSR count). The van der Waals surface area contributed by atoms with Gasteiger partial charge in [0.25, 0.3) is 11.8 Å². The number of unbranched alkanes of at least 4 members (excludes halogenated alkanes) is 2. The number of carbonyl (C=O) groups excluding carboxylic acids is 5. The van der Waals surface area contributed by atoms with Crippen LogP contribution in [0, 0.1) is 0 Å². The Hall–Kier alpha value is -3.11. The molecule has 6 amide bonds. The van der Waals surface area contributed by atoms with Crippen molar-refractivity contribution in [1.82, 2.24) is 25.6 Å². The summed E-state index contributed by atoms with van der Waals surface area (Å²) in [6.45, 7) is 7.08. The van der Waals surface area contributed by atoms with Gasteiger partial charge in [0.05, 0.1) is 0 Å². The van der Waals surface area contributed by atoms with Crippen molar-refractivity contribution in [1.29, 1.82) is 0 Å². The summed E-state index contributed by atoms with van der Waals surface area (Å²) in [4.78, 5) is 63.4. The molecule has 0 aromatic carbocycles. The van der Waals surface area contributed by atoms with Crippen LogP contribution in [0.1, 0.15) is 46.5 Å². The number of hydrogen-bond donors (Lipinski definition) is 2. The van der Waals surface area contributed by atoms with Crippen molar-refractivity contribution < 1.29 is 28.7 Å². The van der Waals surface area contributed by atoms with Crippen molar-refractivity contribution in [2.75, 3.05) is 32.7 Å². The summed E-state index contributed by atoms with van der Waals surface area (Å²) in [6.07, 6.45) is 4.23. The van der Waals surface area contributed by atoms with Crippen LogP contribution in [0.2, 0.25) is 0 Å². The topological polar surface area (TPSA) is 128 Å². The molecule has 0 saturated carbocycles. The summed E-state index contributed by atoms with van der Waals surface area (Å²) in [5.74, 6) is -0.560. The normalized spacial score (nSPS) is 16.5. The van der Waals surface area contributed by atoms with Crippen molar-refractivity contribution in [2.45, 2.75) is 52.1 Å². The van der Waals surface area contributed by atoms with Crippen molar-refractivity contribution in [3.8, 4) is 0 Å². The Bertz CT molecular complexity index is 719. The van der Waals surface area contributed by atoms with E-state index in [0.717, 1.165) is 6.42 Å². The van der Waals surface area contributed by atoms with Gasteiger partial charge in [0.2, 0.25) is 5.91 Å². The second-order valence-electron chi connectivity index (χ2n) is 8.40. The summed E-state index contributed by atoms with van der Waals surface area (Å²) in [7, 11) is 0. The molecule has 0 aromatic heterocycles. The van der Waals surface area contributed by atoms with Crippen LogP contribution in [0.3, 0.4) is 0 Å². The first-order valence-electron chi connectivity index (χ1n) is 10.4. The zero-order chi connectivity index (χ0) is 23.0. The third-order valence-corrected chi connectivity index (χ3v) is 4.76. The predicted molar refractivity (Wildman–Crippen MR) is 110 cm³/mol. The molecule has 0 bridgehead atoms. The molecule has 172 valence electrons. The molecule has 0 aliphatic carbocycles. The molecular formula is C20H31N5O6. The minimum atomic E-state index is -0.746. The van der Waals surface area contributed by atoms with Crippen LogP contribution in [0.4, 0.5) is 9.59 Å². The van der Waals surface area contributed by atoms with Crippen LogP contribution in [-0.2, 0) is 19.1 Å². The Morgan fingerprint density at radius 3 is 2.06 bits per heavy atom. The highest BCUT2D eigenvalue weighted by atomic mass is 16.6. The second kappa shape index (κ2) is 10.8. The van der Waals surface area contributed by atoms with E-state index < -0.39 is 17.7 Å². The van der Waals surface area contributed by atoms with E-state index in [1.807, 2.05) is 0 Å². The first-order valence-corrected chi connectivity index (χ1v) is 10.4.